The van der Waals surface area contributed by atoms with Crippen molar-refractivity contribution in [2.75, 3.05) is 19.7 Å². The van der Waals surface area contributed by atoms with Crippen LogP contribution in [0.4, 0.5) is 4.79 Å². The van der Waals surface area contributed by atoms with Crippen LogP contribution in [0.25, 0.3) is 0 Å². The molecule has 1 fully saturated rings. The zero-order valence-electron chi connectivity index (χ0n) is 12.8. The van der Waals surface area contributed by atoms with Crippen molar-refractivity contribution in [3.63, 3.8) is 0 Å². The molecule has 2 aliphatic heterocycles. The fourth-order valence-electron chi connectivity index (χ4n) is 3.23. The molecule has 0 aromatic carbocycles. The summed E-state index contributed by atoms with van der Waals surface area (Å²) in [4.78, 5) is 18.3. The summed E-state index contributed by atoms with van der Waals surface area (Å²) in [5.74, 6) is 1.72. The maximum atomic E-state index is 12.4. The van der Waals surface area contributed by atoms with Crippen LogP contribution in [0.15, 0.2) is 0 Å². The summed E-state index contributed by atoms with van der Waals surface area (Å²) in [5.41, 5.74) is -1.17. The molecule has 8 heteroatoms. The smallest absolute Gasteiger partial charge is 0.317 e. The molecule has 3 rings (SSSR count). The third kappa shape index (κ3) is 3.07. The molecule has 1 aromatic rings. The first kappa shape index (κ1) is 15.2. The Bertz CT molecular complexity index is 561. The van der Waals surface area contributed by atoms with E-state index in [1.807, 2.05) is 11.6 Å². The van der Waals surface area contributed by atoms with E-state index in [0.29, 0.717) is 25.9 Å². The Morgan fingerprint density at radius 3 is 3.14 bits per heavy atom. The van der Waals surface area contributed by atoms with Crippen LogP contribution < -0.4 is 5.32 Å². The van der Waals surface area contributed by atoms with Crippen LogP contribution in [0.2, 0.25) is 0 Å². The van der Waals surface area contributed by atoms with E-state index < -0.39 is 5.60 Å². The minimum Gasteiger partial charge on any atom is -0.393 e. The molecule has 0 radical (unpaired) electrons. The highest BCUT2D eigenvalue weighted by atomic mass is 16.3. The summed E-state index contributed by atoms with van der Waals surface area (Å²) in [5, 5.41) is 26.7. The predicted molar refractivity (Wildman–Crippen MR) is 78.2 cm³/mol. The minimum absolute atomic E-state index is 0.0187. The lowest BCUT2D eigenvalue weighted by Crippen LogP contribution is -2.56. The number of hydrogen-bond donors (Lipinski definition) is 3. The van der Waals surface area contributed by atoms with E-state index in [0.717, 1.165) is 24.5 Å². The first-order valence-corrected chi connectivity index (χ1v) is 7.78. The summed E-state index contributed by atoms with van der Waals surface area (Å²) in [6.07, 6.45) is 2.86. The van der Waals surface area contributed by atoms with Crippen LogP contribution >= 0.6 is 0 Å². The van der Waals surface area contributed by atoms with Gasteiger partial charge in [0.25, 0.3) is 0 Å². The van der Waals surface area contributed by atoms with Gasteiger partial charge in [-0.1, -0.05) is 0 Å². The van der Waals surface area contributed by atoms with E-state index in [9.17, 15) is 15.0 Å². The van der Waals surface area contributed by atoms with Gasteiger partial charge in [0.05, 0.1) is 25.7 Å². The van der Waals surface area contributed by atoms with Crippen LogP contribution in [0.5, 0.6) is 0 Å². The Hall–Kier alpha value is -1.67. The van der Waals surface area contributed by atoms with Gasteiger partial charge in [-0.05, 0) is 26.2 Å². The molecule has 0 bridgehead atoms. The second-order valence-corrected chi connectivity index (χ2v) is 6.35. The van der Waals surface area contributed by atoms with Crippen molar-refractivity contribution in [3.05, 3.63) is 11.6 Å². The monoisotopic (exact) mass is 309 g/mol. The lowest BCUT2D eigenvalue weighted by molar-refractivity contribution is -0.0571. The van der Waals surface area contributed by atoms with E-state index in [-0.39, 0.29) is 25.2 Å². The molecule has 22 heavy (non-hydrogen) atoms. The van der Waals surface area contributed by atoms with Gasteiger partial charge in [0.15, 0.2) is 0 Å². The van der Waals surface area contributed by atoms with Gasteiger partial charge >= 0.3 is 6.03 Å². The van der Waals surface area contributed by atoms with Crippen molar-refractivity contribution in [2.45, 2.75) is 50.8 Å². The molecular weight excluding hydrogens is 286 g/mol. The molecule has 2 unspecified atom stereocenters. The zero-order valence-corrected chi connectivity index (χ0v) is 12.8. The first-order valence-electron chi connectivity index (χ1n) is 7.78. The van der Waals surface area contributed by atoms with E-state index in [1.54, 1.807) is 4.90 Å². The first-order chi connectivity index (χ1) is 10.5. The molecule has 0 spiro atoms. The van der Waals surface area contributed by atoms with E-state index in [2.05, 4.69) is 15.4 Å². The van der Waals surface area contributed by atoms with Gasteiger partial charge in [-0.3, -0.25) is 0 Å². The number of urea groups is 1. The molecular formula is C14H23N5O3. The predicted octanol–water partition coefficient (Wildman–Crippen LogP) is -0.570. The number of likely N-dealkylation sites (tertiary alicyclic amines) is 1. The average molecular weight is 309 g/mol. The topological polar surface area (TPSA) is 104 Å². The van der Waals surface area contributed by atoms with Gasteiger partial charge in [0, 0.05) is 13.0 Å². The molecule has 3 heterocycles. The summed E-state index contributed by atoms with van der Waals surface area (Å²) in [7, 11) is 0. The second-order valence-electron chi connectivity index (χ2n) is 6.35. The standard InChI is InChI=1S/C14H23N5O3/c1-10-15-12-4-3-11(7-19(12)17-10)16-13(21)18-6-2-5-14(22,8-18)9-20/h11,20,22H,2-9H2,1H3,(H,16,21). The van der Waals surface area contributed by atoms with E-state index in [1.165, 1.54) is 0 Å². The normalized spacial score (nSPS) is 28.3. The number of hydrogen-bond acceptors (Lipinski definition) is 5. The summed E-state index contributed by atoms with van der Waals surface area (Å²) < 4.78 is 1.85. The number of aryl methyl sites for hydroxylation is 2. The van der Waals surface area contributed by atoms with Gasteiger partial charge in [-0.25, -0.2) is 14.5 Å². The lowest BCUT2D eigenvalue weighted by atomic mass is 9.94. The Morgan fingerprint density at radius 1 is 1.55 bits per heavy atom. The van der Waals surface area contributed by atoms with Crippen molar-refractivity contribution in [1.82, 2.24) is 25.0 Å². The lowest BCUT2D eigenvalue weighted by Gasteiger charge is -2.38. The molecule has 0 saturated carbocycles. The number of nitrogens with one attached hydrogen (secondary N) is 1. The van der Waals surface area contributed by atoms with E-state index >= 15 is 0 Å². The number of piperidine rings is 1. The van der Waals surface area contributed by atoms with Gasteiger partial charge in [-0.2, -0.15) is 5.10 Å². The molecule has 1 aromatic heterocycles. The highest BCUT2D eigenvalue weighted by Gasteiger charge is 2.35. The number of carbonyl (C=O) groups is 1. The Kier molecular flexibility index (Phi) is 4.05. The third-order valence-corrected chi connectivity index (χ3v) is 4.43. The fraction of sp³-hybridized carbons (Fsp3) is 0.786. The number of aliphatic hydroxyl groups excluding tert-OH is 1. The molecule has 2 atom stereocenters. The summed E-state index contributed by atoms with van der Waals surface area (Å²) in [6, 6.07) is -0.165. The molecule has 2 amide bonds. The van der Waals surface area contributed by atoms with E-state index in [4.69, 9.17) is 0 Å². The zero-order chi connectivity index (χ0) is 15.7. The second kappa shape index (κ2) is 5.85. The van der Waals surface area contributed by atoms with Gasteiger partial charge < -0.3 is 20.4 Å². The number of carbonyl (C=O) groups excluding carboxylic acids is 1. The molecule has 1 saturated heterocycles. The van der Waals surface area contributed by atoms with Gasteiger partial charge in [0.1, 0.15) is 17.2 Å². The number of aliphatic hydroxyl groups is 2. The number of β-amino-alcohol motifs (C(OH)–C–C–N with tert-alkyl or cyclic N) is 1. The minimum atomic E-state index is -1.17. The quantitative estimate of drug-likeness (QED) is 0.679. The Labute approximate surface area is 129 Å². The van der Waals surface area contributed by atoms with Crippen LogP contribution in [0, 0.1) is 6.92 Å². The molecule has 2 aliphatic rings. The van der Waals surface area contributed by atoms with Crippen LogP contribution in [-0.2, 0) is 13.0 Å². The average Bonchev–Trinajstić information content (AvgIpc) is 2.86. The van der Waals surface area contributed by atoms with Crippen LogP contribution in [0.1, 0.15) is 30.9 Å². The van der Waals surface area contributed by atoms with Gasteiger partial charge in [0.2, 0.25) is 0 Å². The largest absolute Gasteiger partial charge is 0.393 e. The molecule has 0 aliphatic carbocycles. The van der Waals surface area contributed by atoms with Crippen molar-refractivity contribution in [1.29, 1.82) is 0 Å². The van der Waals surface area contributed by atoms with Crippen molar-refractivity contribution < 1.29 is 15.0 Å². The number of rotatable bonds is 2. The summed E-state index contributed by atoms with van der Waals surface area (Å²) >= 11 is 0. The Morgan fingerprint density at radius 2 is 2.36 bits per heavy atom. The third-order valence-electron chi connectivity index (χ3n) is 4.43. The maximum absolute atomic E-state index is 12.4. The van der Waals surface area contributed by atoms with Crippen molar-refractivity contribution in [2.24, 2.45) is 0 Å². The summed E-state index contributed by atoms with van der Waals surface area (Å²) in [6.45, 7) is 2.95. The van der Waals surface area contributed by atoms with Crippen LogP contribution in [0.3, 0.4) is 0 Å². The fourth-order valence-corrected chi connectivity index (χ4v) is 3.23. The highest BCUT2D eigenvalue weighted by molar-refractivity contribution is 5.74. The molecule has 3 N–H and O–H groups in total. The maximum Gasteiger partial charge on any atom is 0.317 e. The number of aromatic nitrogens is 3. The van der Waals surface area contributed by atoms with Crippen molar-refractivity contribution in [3.8, 4) is 0 Å². The Balaban J connectivity index is 1.58. The molecule has 122 valence electrons. The highest BCUT2D eigenvalue weighted by Crippen LogP contribution is 2.21. The van der Waals surface area contributed by atoms with Crippen LogP contribution in [-0.4, -0.2) is 67.2 Å². The SMILES string of the molecule is Cc1nc2n(n1)CC(NC(=O)N1CCCC(O)(CO)C1)CC2. The van der Waals surface area contributed by atoms with Crippen molar-refractivity contribution >= 4 is 6.03 Å². The number of amides is 2. The number of fused-ring (bicyclic) bond motifs is 1. The molecule has 8 nitrogen and oxygen atoms in total. The van der Waals surface area contributed by atoms with Gasteiger partial charge in [-0.15, -0.1) is 0 Å². The number of nitrogens with zero attached hydrogens (tertiary/aromatic N) is 4.